The average Bonchev–Trinajstić information content (AvgIpc) is 2.49. The van der Waals surface area contributed by atoms with Crippen molar-refractivity contribution in [1.82, 2.24) is 9.88 Å². The standard InChI is InChI=1S/C15H25N3O2/c1-4-10-16-14-9-7-8-13(17-14)15(19)18(5-2)11-12-20-6-3/h7-9H,4-6,10-12H2,1-3H3,(H,16,17). The van der Waals surface area contributed by atoms with Gasteiger partial charge in [-0.05, 0) is 32.4 Å². The first-order valence-electron chi connectivity index (χ1n) is 7.30. The zero-order chi connectivity index (χ0) is 14.8. The molecule has 0 atom stereocenters. The van der Waals surface area contributed by atoms with Gasteiger partial charge < -0.3 is 15.0 Å². The van der Waals surface area contributed by atoms with E-state index in [0.29, 0.717) is 32.0 Å². The summed E-state index contributed by atoms with van der Waals surface area (Å²) in [5, 5.41) is 3.19. The first-order valence-corrected chi connectivity index (χ1v) is 7.30. The predicted octanol–water partition coefficient (Wildman–Crippen LogP) is 2.40. The molecule has 20 heavy (non-hydrogen) atoms. The van der Waals surface area contributed by atoms with Crippen LogP contribution in [-0.4, -0.2) is 48.6 Å². The molecular formula is C15H25N3O2. The molecule has 0 bridgehead atoms. The van der Waals surface area contributed by atoms with Crippen molar-refractivity contribution in [2.24, 2.45) is 0 Å². The molecule has 0 saturated carbocycles. The normalized spacial score (nSPS) is 10.3. The number of amides is 1. The molecule has 0 spiro atoms. The first-order chi connectivity index (χ1) is 9.72. The maximum Gasteiger partial charge on any atom is 0.272 e. The van der Waals surface area contributed by atoms with Crippen molar-refractivity contribution in [3.05, 3.63) is 23.9 Å². The van der Waals surface area contributed by atoms with E-state index in [2.05, 4.69) is 17.2 Å². The van der Waals surface area contributed by atoms with Crippen LogP contribution in [0.5, 0.6) is 0 Å². The maximum absolute atomic E-state index is 12.4. The third-order valence-electron chi connectivity index (χ3n) is 2.90. The van der Waals surface area contributed by atoms with E-state index in [1.807, 2.05) is 26.0 Å². The largest absolute Gasteiger partial charge is 0.380 e. The molecule has 0 aromatic carbocycles. The number of likely N-dealkylation sites (N-methyl/N-ethyl adjacent to an activating group) is 1. The summed E-state index contributed by atoms with van der Waals surface area (Å²) in [6.45, 7) is 9.33. The van der Waals surface area contributed by atoms with Crippen molar-refractivity contribution < 1.29 is 9.53 Å². The lowest BCUT2D eigenvalue weighted by atomic mass is 10.3. The molecule has 1 heterocycles. The number of carbonyl (C=O) groups is 1. The van der Waals surface area contributed by atoms with E-state index in [1.165, 1.54) is 0 Å². The summed E-state index contributed by atoms with van der Waals surface area (Å²) in [6.07, 6.45) is 1.02. The zero-order valence-corrected chi connectivity index (χ0v) is 12.7. The van der Waals surface area contributed by atoms with Crippen LogP contribution in [0.3, 0.4) is 0 Å². The fourth-order valence-corrected chi connectivity index (χ4v) is 1.79. The van der Waals surface area contributed by atoms with Crippen molar-refractivity contribution in [1.29, 1.82) is 0 Å². The van der Waals surface area contributed by atoms with Crippen LogP contribution in [0.25, 0.3) is 0 Å². The van der Waals surface area contributed by atoms with Gasteiger partial charge in [-0.3, -0.25) is 4.79 Å². The molecule has 0 saturated heterocycles. The Hall–Kier alpha value is -1.62. The minimum absolute atomic E-state index is 0.0487. The highest BCUT2D eigenvalue weighted by molar-refractivity contribution is 5.92. The second kappa shape index (κ2) is 9.31. The Morgan fingerprint density at radius 3 is 2.80 bits per heavy atom. The van der Waals surface area contributed by atoms with Gasteiger partial charge in [-0.15, -0.1) is 0 Å². The second-order valence-corrected chi connectivity index (χ2v) is 4.42. The Labute approximate surface area is 121 Å². The van der Waals surface area contributed by atoms with E-state index in [1.54, 1.807) is 11.0 Å². The van der Waals surface area contributed by atoms with Crippen LogP contribution in [0.15, 0.2) is 18.2 Å². The van der Waals surface area contributed by atoms with Crippen LogP contribution in [-0.2, 0) is 4.74 Å². The van der Waals surface area contributed by atoms with E-state index < -0.39 is 0 Å². The van der Waals surface area contributed by atoms with Gasteiger partial charge in [0.25, 0.3) is 5.91 Å². The number of ether oxygens (including phenoxy) is 1. The molecule has 0 aliphatic rings. The molecule has 1 aromatic heterocycles. The summed E-state index contributed by atoms with van der Waals surface area (Å²) in [4.78, 5) is 18.5. The minimum Gasteiger partial charge on any atom is -0.380 e. The summed E-state index contributed by atoms with van der Waals surface area (Å²) in [5.41, 5.74) is 0.476. The predicted molar refractivity (Wildman–Crippen MR) is 81.1 cm³/mol. The molecule has 1 rings (SSSR count). The van der Waals surface area contributed by atoms with Crippen LogP contribution in [0, 0.1) is 0 Å². The highest BCUT2D eigenvalue weighted by Gasteiger charge is 2.15. The van der Waals surface area contributed by atoms with Gasteiger partial charge in [0.05, 0.1) is 6.61 Å². The van der Waals surface area contributed by atoms with Gasteiger partial charge in [0.1, 0.15) is 11.5 Å². The van der Waals surface area contributed by atoms with Crippen LogP contribution >= 0.6 is 0 Å². The van der Waals surface area contributed by atoms with Crippen molar-refractivity contribution in [3.63, 3.8) is 0 Å². The van der Waals surface area contributed by atoms with Gasteiger partial charge in [-0.1, -0.05) is 13.0 Å². The number of hydrogen-bond donors (Lipinski definition) is 1. The van der Waals surface area contributed by atoms with E-state index in [4.69, 9.17) is 4.74 Å². The van der Waals surface area contributed by atoms with Crippen molar-refractivity contribution in [2.45, 2.75) is 27.2 Å². The lowest BCUT2D eigenvalue weighted by Gasteiger charge is -2.20. The van der Waals surface area contributed by atoms with Crippen molar-refractivity contribution in [3.8, 4) is 0 Å². The van der Waals surface area contributed by atoms with Crippen LogP contribution in [0.1, 0.15) is 37.7 Å². The molecule has 0 aliphatic heterocycles. The molecule has 1 aromatic rings. The Kier molecular flexibility index (Phi) is 7.65. The van der Waals surface area contributed by atoms with Gasteiger partial charge in [-0.25, -0.2) is 4.98 Å². The fraction of sp³-hybridized carbons (Fsp3) is 0.600. The van der Waals surface area contributed by atoms with Crippen molar-refractivity contribution >= 4 is 11.7 Å². The van der Waals surface area contributed by atoms with Gasteiger partial charge in [-0.2, -0.15) is 0 Å². The molecule has 5 heteroatoms. The highest BCUT2D eigenvalue weighted by Crippen LogP contribution is 2.08. The van der Waals surface area contributed by atoms with Gasteiger partial charge in [0.15, 0.2) is 0 Å². The number of hydrogen-bond acceptors (Lipinski definition) is 4. The molecule has 0 radical (unpaired) electrons. The number of nitrogens with one attached hydrogen (secondary N) is 1. The highest BCUT2D eigenvalue weighted by atomic mass is 16.5. The third-order valence-corrected chi connectivity index (χ3v) is 2.90. The van der Waals surface area contributed by atoms with Crippen LogP contribution in [0.2, 0.25) is 0 Å². The Morgan fingerprint density at radius 2 is 2.15 bits per heavy atom. The number of carbonyl (C=O) groups excluding carboxylic acids is 1. The topological polar surface area (TPSA) is 54.5 Å². The van der Waals surface area contributed by atoms with Gasteiger partial charge in [0, 0.05) is 26.2 Å². The zero-order valence-electron chi connectivity index (χ0n) is 12.7. The van der Waals surface area contributed by atoms with E-state index in [9.17, 15) is 4.79 Å². The molecule has 0 fully saturated rings. The summed E-state index contributed by atoms with van der Waals surface area (Å²) < 4.78 is 5.30. The van der Waals surface area contributed by atoms with Gasteiger partial charge >= 0.3 is 0 Å². The first kappa shape index (κ1) is 16.4. The number of rotatable bonds is 9. The number of anilines is 1. The van der Waals surface area contributed by atoms with E-state index >= 15 is 0 Å². The summed E-state index contributed by atoms with van der Waals surface area (Å²) in [6, 6.07) is 5.49. The van der Waals surface area contributed by atoms with E-state index in [-0.39, 0.29) is 5.91 Å². The minimum atomic E-state index is -0.0487. The summed E-state index contributed by atoms with van der Waals surface area (Å²) >= 11 is 0. The van der Waals surface area contributed by atoms with Crippen LogP contribution in [0.4, 0.5) is 5.82 Å². The fourth-order valence-electron chi connectivity index (χ4n) is 1.79. The summed E-state index contributed by atoms with van der Waals surface area (Å²) in [5.74, 6) is 0.700. The number of pyridine rings is 1. The third kappa shape index (κ3) is 5.17. The van der Waals surface area contributed by atoms with Gasteiger partial charge in [0.2, 0.25) is 0 Å². The number of aromatic nitrogens is 1. The van der Waals surface area contributed by atoms with Crippen molar-refractivity contribution in [2.75, 3.05) is 38.2 Å². The number of nitrogens with zero attached hydrogens (tertiary/aromatic N) is 2. The molecule has 1 N–H and O–H groups in total. The Balaban J connectivity index is 2.68. The molecule has 0 aliphatic carbocycles. The molecule has 5 nitrogen and oxygen atoms in total. The smallest absolute Gasteiger partial charge is 0.272 e. The molecular weight excluding hydrogens is 254 g/mol. The lowest BCUT2D eigenvalue weighted by molar-refractivity contribution is 0.0664. The summed E-state index contributed by atoms with van der Waals surface area (Å²) in [7, 11) is 0. The molecule has 112 valence electrons. The molecule has 1 amide bonds. The quantitative estimate of drug-likeness (QED) is 0.705. The average molecular weight is 279 g/mol. The van der Waals surface area contributed by atoms with Crippen LogP contribution < -0.4 is 5.32 Å². The second-order valence-electron chi connectivity index (χ2n) is 4.42. The SMILES string of the molecule is CCCNc1cccc(C(=O)N(CC)CCOCC)n1. The Bertz CT molecular complexity index is 410. The monoisotopic (exact) mass is 279 g/mol. The Morgan fingerprint density at radius 1 is 1.35 bits per heavy atom. The van der Waals surface area contributed by atoms with E-state index in [0.717, 1.165) is 18.8 Å². The maximum atomic E-state index is 12.4. The molecule has 0 unspecified atom stereocenters. The lowest BCUT2D eigenvalue weighted by Crippen LogP contribution is -2.34.